The molecule has 0 aliphatic carbocycles. The van der Waals surface area contributed by atoms with Crippen LogP contribution in [-0.2, 0) is 11.3 Å². The van der Waals surface area contributed by atoms with Crippen molar-refractivity contribution in [2.75, 3.05) is 20.7 Å². The fourth-order valence-corrected chi connectivity index (χ4v) is 2.62. The molecule has 1 N–H and O–H groups in total. The van der Waals surface area contributed by atoms with E-state index in [1.54, 1.807) is 37.4 Å². The summed E-state index contributed by atoms with van der Waals surface area (Å²) < 4.78 is 34.2. The predicted molar refractivity (Wildman–Crippen MR) is 99.9 cm³/mol. The minimum absolute atomic E-state index is 0.0952. The largest absolute Gasteiger partial charge is 0.493 e. The van der Waals surface area contributed by atoms with Crippen LogP contribution in [0, 0.1) is 0 Å². The third kappa shape index (κ3) is 5.82. The second kappa shape index (κ2) is 9.89. The summed E-state index contributed by atoms with van der Waals surface area (Å²) in [4.78, 5) is 25.7. The first kappa shape index (κ1) is 21.4. The van der Waals surface area contributed by atoms with E-state index in [4.69, 9.17) is 16.3 Å². The molecule has 0 aliphatic rings. The van der Waals surface area contributed by atoms with Crippen molar-refractivity contribution >= 4 is 23.4 Å². The van der Waals surface area contributed by atoms with Crippen molar-refractivity contribution in [3.63, 3.8) is 0 Å². The van der Waals surface area contributed by atoms with Crippen molar-refractivity contribution in [2.45, 2.75) is 13.2 Å². The van der Waals surface area contributed by atoms with Gasteiger partial charge in [-0.15, -0.1) is 0 Å². The van der Waals surface area contributed by atoms with Crippen LogP contribution in [0.2, 0.25) is 5.02 Å². The van der Waals surface area contributed by atoms with Gasteiger partial charge in [0, 0.05) is 13.6 Å². The van der Waals surface area contributed by atoms with Crippen LogP contribution in [0.25, 0.3) is 0 Å². The van der Waals surface area contributed by atoms with E-state index < -0.39 is 12.5 Å². The van der Waals surface area contributed by atoms with Crippen molar-refractivity contribution in [3.8, 4) is 11.5 Å². The Morgan fingerprint density at radius 1 is 1.18 bits per heavy atom. The van der Waals surface area contributed by atoms with Crippen LogP contribution in [0.4, 0.5) is 8.78 Å². The van der Waals surface area contributed by atoms with Crippen LogP contribution in [0.1, 0.15) is 15.9 Å². The van der Waals surface area contributed by atoms with Crippen molar-refractivity contribution in [3.05, 3.63) is 58.6 Å². The maximum Gasteiger partial charge on any atom is 0.387 e. The van der Waals surface area contributed by atoms with Crippen molar-refractivity contribution in [1.82, 2.24) is 10.2 Å². The van der Waals surface area contributed by atoms with E-state index in [2.05, 4.69) is 10.1 Å². The van der Waals surface area contributed by atoms with E-state index in [-0.39, 0.29) is 36.1 Å². The highest BCUT2D eigenvalue weighted by molar-refractivity contribution is 6.33. The van der Waals surface area contributed by atoms with Crippen molar-refractivity contribution in [1.29, 1.82) is 0 Å². The minimum atomic E-state index is -2.97. The summed E-state index contributed by atoms with van der Waals surface area (Å²) in [5, 5.41) is 2.81. The van der Waals surface area contributed by atoms with E-state index in [1.807, 2.05) is 0 Å². The average molecular weight is 413 g/mol. The van der Waals surface area contributed by atoms with Gasteiger partial charge in [-0.3, -0.25) is 9.59 Å². The Morgan fingerprint density at radius 3 is 2.54 bits per heavy atom. The van der Waals surface area contributed by atoms with E-state index in [9.17, 15) is 18.4 Å². The molecule has 2 aromatic carbocycles. The number of nitrogens with one attached hydrogen (secondary N) is 1. The molecule has 0 spiro atoms. The zero-order valence-electron chi connectivity index (χ0n) is 15.2. The van der Waals surface area contributed by atoms with Gasteiger partial charge in [-0.1, -0.05) is 29.8 Å². The topological polar surface area (TPSA) is 67.9 Å². The van der Waals surface area contributed by atoms with Gasteiger partial charge in [-0.05, 0) is 29.8 Å². The molecule has 6 nitrogen and oxygen atoms in total. The number of carbonyl (C=O) groups is 2. The molecule has 0 aliphatic heterocycles. The molecule has 9 heteroatoms. The van der Waals surface area contributed by atoms with Gasteiger partial charge in [-0.25, -0.2) is 0 Å². The molecular formula is C19H19ClF2N2O4. The Hall–Kier alpha value is -2.87. The Morgan fingerprint density at radius 2 is 1.89 bits per heavy atom. The van der Waals surface area contributed by atoms with Crippen LogP contribution in [0.3, 0.4) is 0 Å². The molecule has 0 fully saturated rings. The zero-order valence-corrected chi connectivity index (χ0v) is 16.0. The van der Waals surface area contributed by atoms with E-state index in [0.29, 0.717) is 10.6 Å². The van der Waals surface area contributed by atoms with E-state index in [0.717, 1.165) is 0 Å². The molecule has 0 saturated carbocycles. The number of methoxy groups -OCH3 is 1. The lowest BCUT2D eigenvalue weighted by atomic mass is 10.2. The molecule has 150 valence electrons. The first-order chi connectivity index (χ1) is 13.3. The van der Waals surface area contributed by atoms with Gasteiger partial charge >= 0.3 is 6.61 Å². The third-order valence-corrected chi connectivity index (χ3v) is 4.14. The van der Waals surface area contributed by atoms with E-state index >= 15 is 0 Å². The second-order valence-corrected chi connectivity index (χ2v) is 6.18. The molecule has 0 radical (unpaired) electrons. The molecule has 0 saturated heterocycles. The molecule has 0 atom stereocenters. The van der Waals surface area contributed by atoms with E-state index in [1.165, 1.54) is 24.1 Å². The second-order valence-electron chi connectivity index (χ2n) is 5.78. The average Bonchev–Trinajstić information content (AvgIpc) is 2.66. The van der Waals surface area contributed by atoms with Crippen LogP contribution in [-0.4, -0.2) is 44.0 Å². The lowest BCUT2D eigenvalue weighted by molar-refractivity contribution is -0.129. The molecule has 0 bridgehead atoms. The number of amides is 2. The number of halogens is 3. The predicted octanol–water partition coefficient (Wildman–Crippen LogP) is 3.34. The first-order valence-electron chi connectivity index (χ1n) is 8.20. The molecule has 2 aromatic rings. The van der Waals surface area contributed by atoms with Gasteiger partial charge in [0.1, 0.15) is 0 Å². The summed E-state index contributed by atoms with van der Waals surface area (Å²) in [5.41, 5.74) is 0.922. The molecule has 0 unspecified atom stereocenters. The highest BCUT2D eigenvalue weighted by atomic mass is 35.5. The number of benzene rings is 2. The number of likely N-dealkylation sites (N-methyl/N-ethyl adjacent to an activating group) is 1. The lowest BCUT2D eigenvalue weighted by Crippen LogP contribution is -2.37. The molecule has 28 heavy (non-hydrogen) atoms. The van der Waals surface area contributed by atoms with Crippen LogP contribution >= 0.6 is 11.6 Å². The Balaban J connectivity index is 1.95. The van der Waals surface area contributed by atoms with Gasteiger partial charge in [-0.2, -0.15) is 8.78 Å². The molecule has 2 rings (SSSR count). The quantitative estimate of drug-likeness (QED) is 0.722. The van der Waals surface area contributed by atoms with Crippen LogP contribution in [0.15, 0.2) is 42.5 Å². The van der Waals surface area contributed by atoms with Gasteiger partial charge in [0.25, 0.3) is 5.91 Å². The molecular weight excluding hydrogens is 394 g/mol. The fourth-order valence-electron chi connectivity index (χ4n) is 2.40. The van der Waals surface area contributed by atoms with Crippen molar-refractivity contribution < 1.29 is 27.8 Å². The summed E-state index contributed by atoms with van der Waals surface area (Å²) in [7, 11) is 2.89. The SMILES string of the molecule is COc1cc(CN(C)C(=O)CNC(=O)c2ccccc2Cl)ccc1OC(F)F. The van der Waals surface area contributed by atoms with Crippen LogP contribution in [0.5, 0.6) is 11.5 Å². The monoisotopic (exact) mass is 412 g/mol. The van der Waals surface area contributed by atoms with Crippen LogP contribution < -0.4 is 14.8 Å². The third-order valence-electron chi connectivity index (χ3n) is 3.81. The maximum atomic E-state index is 12.4. The summed E-state index contributed by atoms with van der Waals surface area (Å²) in [6.07, 6.45) is 0. The number of nitrogens with zero attached hydrogens (tertiary/aromatic N) is 1. The Kier molecular flexibility index (Phi) is 7.57. The number of rotatable bonds is 8. The highest BCUT2D eigenvalue weighted by Gasteiger charge is 2.16. The van der Waals surface area contributed by atoms with Gasteiger partial charge < -0.3 is 19.7 Å². The van der Waals surface area contributed by atoms with Gasteiger partial charge in [0.2, 0.25) is 5.91 Å². The summed E-state index contributed by atoms with van der Waals surface area (Å²) in [6.45, 7) is -3.00. The summed E-state index contributed by atoms with van der Waals surface area (Å²) in [6, 6.07) is 10.9. The maximum absolute atomic E-state index is 12.4. The lowest BCUT2D eigenvalue weighted by Gasteiger charge is -2.19. The number of hydrogen-bond acceptors (Lipinski definition) is 4. The fraction of sp³-hybridized carbons (Fsp3) is 0.263. The van der Waals surface area contributed by atoms with Crippen molar-refractivity contribution in [2.24, 2.45) is 0 Å². The number of hydrogen-bond donors (Lipinski definition) is 1. The Bertz CT molecular complexity index is 848. The Labute approximate surface area is 166 Å². The summed E-state index contributed by atoms with van der Waals surface area (Å²) >= 11 is 5.95. The smallest absolute Gasteiger partial charge is 0.387 e. The molecule has 0 heterocycles. The highest BCUT2D eigenvalue weighted by Crippen LogP contribution is 2.29. The minimum Gasteiger partial charge on any atom is -0.493 e. The van der Waals surface area contributed by atoms with Gasteiger partial charge in [0.15, 0.2) is 11.5 Å². The summed E-state index contributed by atoms with van der Waals surface area (Å²) in [5.74, 6) is -0.761. The zero-order chi connectivity index (χ0) is 20.7. The molecule has 0 aromatic heterocycles. The number of alkyl halides is 2. The normalized spacial score (nSPS) is 10.5. The molecule has 2 amide bonds. The first-order valence-corrected chi connectivity index (χ1v) is 8.58. The standard InChI is InChI=1S/C19H19ClF2N2O4/c1-24(11-12-7-8-15(28-19(21)22)16(9-12)27-2)17(25)10-23-18(26)13-5-3-4-6-14(13)20/h3-9,19H,10-11H2,1-2H3,(H,23,26). The van der Waals surface area contributed by atoms with Gasteiger partial charge in [0.05, 0.1) is 24.2 Å². The number of carbonyl (C=O) groups excluding carboxylic acids is 2. The number of ether oxygens (including phenoxy) is 2.